The summed E-state index contributed by atoms with van der Waals surface area (Å²) < 4.78 is 0. The normalized spacial score (nSPS) is 15.4. The van der Waals surface area contributed by atoms with Gasteiger partial charge in [-0.2, -0.15) is 0 Å². The molecular weight excluding hydrogens is 172 g/mol. The Balaban J connectivity index is 4.32. The maximum atomic E-state index is 10.2. The topological polar surface area (TPSA) is 20.2 Å². The molecular formula is C13H24O. The first-order chi connectivity index (χ1) is 6.50. The highest BCUT2D eigenvalue weighted by atomic mass is 16.3. The summed E-state index contributed by atoms with van der Waals surface area (Å²) in [5.74, 6) is 0.312. The van der Waals surface area contributed by atoms with Gasteiger partial charge in [-0.1, -0.05) is 45.1 Å². The molecule has 0 heterocycles. The third-order valence-electron chi connectivity index (χ3n) is 3.26. The molecule has 0 aliphatic rings. The van der Waals surface area contributed by atoms with Crippen LogP contribution in [0.5, 0.6) is 0 Å². The zero-order valence-electron chi connectivity index (χ0n) is 10.0. The number of hydrogen-bond donors (Lipinski definition) is 1. The zero-order valence-corrected chi connectivity index (χ0v) is 10.0. The van der Waals surface area contributed by atoms with Gasteiger partial charge in [0.1, 0.15) is 0 Å². The summed E-state index contributed by atoms with van der Waals surface area (Å²) in [6.45, 7) is 12.0. The van der Waals surface area contributed by atoms with E-state index in [4.69, 9.17) is 0 Å². The van der Waals surface area contributed by atoms with Crippen molar-refractivity contribution in [1.82, 2.24) is 0 Å². The highest BCUT2D eigenvalue weighted by Crippen LogP contribution is 2.28. The Labute approximate surface area is 88.5 Å². The van der Waals surface area contributed by atoms with E-state index < -0.39 is 5.60 Å². The number of aliphatic hydroxyl groups is 1. The molecule has 0 spiro atoms. The Morgan fingerprint density at radius 3 is 2.29 bits per heavy atom. The van der Waals surface area contributed by atoms with Crippen molar-refractivity contribution in [2.24, 2.45) is 5.92 Å². The predicted molar refractivity (Wildman–Crippen MR) is 63.3 cm³/mol. The summed E-state index contributed by atoms with van der Waals surface area (Å²) in [5.41, 5.74) is 0.684. The molecule has 0 bridgehead atoms. The summed E-state index contributed by atoms with van der Waals surface area (Å²) in [6.07, 6.45) is 6.57. The highest BCUT2D eigenvalue weighted by Gasteiger charge is 2.28. The standard InChI is InChI=1S/C13H24O/c1-6-11(4)9-10-12(5)13(14,7-2)8-3/h6,9,12,14H,1,7-8,10H2,2-5H3. The molecule has 1 N–H and O–H groups in total. The third kappa shape index (κ3) is 3.67. The van der Waals surface area contributed by atoms with Gasteiger partial charge < -0.3 is 5.11 Å². The highest BCUT2D eigenvalue weighted by molar-refractivity contribution is 5.13. The summed E-state index contributed by atoms with van der Waals surface area (Å²) in [6, 6.07) is 0. The summed E-state index contributed by atoms with van der Waals surface area (Å²) in [7, 11) is 0. The first kappa shape index (κ1) is 13.4. The molecule has 1 atom stereocenters. The van der Waals surface area contributed by atoms with Crippen LogP contribution in [0.4, 0.5) is 0 Å². The van der Waals surface area contributed by atoms with Crippen LogP contribution >= 0.6 is 0 Å². The first-order valence-corrected chi connectivity index (χ1v) is 5.51. The molecule has 1 nitrogen and oxygen atoms in total. The summed E-state index contributed by atoms with van der Waals surface area (Å²) in [4.78, 5) is 0. The molecule has 1 heteroatoms. The smallest absolute Gasteiger partial charge is 0.0670 e. The van der Waals surface area contributed by atoms with E-state index in [1.807, 2.05) is 26.8 Å². The van der Waals surface area contributed by atoms with Crippen LogP contribution in [-0.2, 0) is 0 Å². The summed E-state index contributed by atoms with van der Waals surface area (Å²) in [5, 5.41) is 10.2. The monoisotopic (exact) mass is 196 g/mol. The molecule has 0 amide bonds. The van der Waals surface area contributed by atoms with Crippen molar-refractivity contribution in [2.75, 3.05) is 0 Å². The van der Waals surface area contributed by atoms with Crippen LogP contribution in [0.15, 0.2) is 24.3 Å². The largest absolute Gasteiger partial charge is 0.390 e. The van der Waals surface area contributed by atoms with Crippen molar-refractivity contribution < 1.29 is 5.11 Å². The third-order valence-corrected chi connectivity index (χ3v) is 3.26. The van der Waals surface area contributed by atoms with E-state index in [0.29, 0.717) is 5.92 Å². The van der Waals surface area contributed by atoms with Crippen LogP contribution in [-0.4, -0.2) is 10.7 Å². The molecule has 0 rings (SSSR count). The Hall–Kier alpha value is -0.560. The van der Waals surface area contributed by atoms with Gasteiger partial charge in [0.2, 0.25) is 0 Å². The van der Waals surface area contributed by atoms with Crippen molar-refractivity contribution in [1.29, 1.82) is 0 Å². The average Bonchev–Trinajstić information content (AvgIpc) is 2.23. The molecule has 82 valence electrons. The van der Waals surface area contributed by atoms with Gasteiger partial charge in [0.15, 0.2) is 0 Å². The molecule has 0 saturated carbocycles. The van der Waals surface area contributed by atoms with Crippen LogP contribution in [0.3, 0.4) is 0 Å². The van der Waals surface area contributed by atoms with Crippen molar-refractivity contribution in [3.05, 3.63) is 24.3 Å². The minimum absolute atomic E-state index is 0.312. The second-order valence-electron chi connectivity index (χ2n) is 4.10. The molecule has 0 saturated heterocycles. The second-order valence-corrected chi connectivity index (χ2v) is 4.10. The number of rotatable bonds is 6. The van der Waals surface area contributed by atoms with E-state index in [2.05, 4.69) is 19.6 Å². The van der Waals surface area contributed by atoms with Gasteiger partial charge >= 0.3 is 0 Å². The fourth-order valence-electron chi connectivity index (χ4n) is 1.61. The van der Waals surface area contributed by atoms with Crippen LogP contribution < -0.4 is 0 Å². The van der Waals surface area contributed by atoms with E-state index in [1.54, 1.807) is 0 Å². The summed E-state index contributed by atoms with van der Waals surface area (Å²) >= 11 is 0. The van der Waals surface area contributed by atoms with Gasteiger partial charge in [-0.05, 0) is 32.1 Å². The van der Waals surface area contributed by atoms with Gasteiger partial charge in [-0.3, -0.25) is 0 Å². The fraction of sp³-hybridized carbons (Fsp3) is 0.692. The molecule has 0 aromatic carbocycles. The van der Waals surface area contributed by atoms with E-state index in [1.165, 1.54) is 5.57 Å². The Kier molecular flexibility index (Phi) is 5.78. The number of allylic oxidation sites excluding steroid dienone is 3. The fourth-order valence-corrected chi connectivity index (χ4v) is 1.61. The van der Waals surface area contributed by atoms with Gasteiger partial charge in [-0.25, -0.2) is 0 Å². The molecule has 14 heavy (non-hydrogen) atoms. The van der Waals surface area contributed by atoms with Gasteiger partial charge in [0, 0.05) is 0 Å². The van der Waals surface area contributed by atoms with E-state index in [-0.39, 0.29) is 0 Å². The lowest BCUT2D eigenvalue weighted by Crippen LogP contribution is -2.34. The molecule has 0 aromatic heterocycles. The lowest BCUT2D eigenvalue weighted by Gasteiger charge is -2.31. The van der Waals surface area contributed by atoms with Crippen LogP contribution in [0.1, 0.15) is 47.0 Å². The van der Waals surface area contributed by atoms with Crippen LogP contribution in [0, 0.1) is 5.92 Å². The quantitative estimate of drug-likeness (QED) is 0.642. The second kappa shape index (κ2) is 6.02. The Morgan fingerprint density at radius 2 is 1.93 bits per heavy atom. The predicted octanol–water partition coefficient (Wildman–Crippen LogP) is 3.70. The lowest BCUT2D eigenvalue weighted by atomic mass is 9.82. The van der Waals surface area contributed by atoms with Crippen molar-refractivity contribution in [3.8, 4) is 0 Å². The minimum Gasteiger partial charge on any atom is -0.390 e. The van der Waals surface area contributed by atoms with Crippen molar-refractivity contribution in [2.45, 2.75) is 52.6 Å². The Morgan fingerprint density at radius 1 is 1.43 bits per heavy atom. The lowest BCUT2D eigenvalue weighted by molar-refractivity contribution is -0.0179. The molecule has 0 radical (unpaired) electrons. The average molecular weight is 196 g/mol. The van der Waals surface area contributed by atoms with Crippen LogP contribution in [0.2, 0.25) is 0 Å². The van der Waals surface area contributed by atoms with Gasteiger partial charge in [0.05, 0.1) is 5.60 Å². The number of hydrogen-bond acceptors (Lipinski definition) is 1. The van der Waals surface area contributed by atoms with Gasteiger partial charge in [0.25, 0.3) is 0 Å². The van der Waals surface area contributed by atoms with Crippen molar-refractivity contribution in [3.63, 3.8) is 0 Å². The van der Waals surface area contributed by atoms with E-state index in [9.17, 15) is 5.11 Å². The molecule has 0 aromatic rings. The SMILES string of the molecule is C=CC(C)=CCC(C)C(O)(CC)CC. The molecule has 1 unspecified atom stereocenters. The zero-order chi connectivity index (χ0) is 11.2. The maximum absolute atomic E-state index is 10.2. The minimum atomic E-state index is -0.502. The maximum Gasteiger partial charge on any atom is 0.0670 e. The van der Waals surface area contributed by atoms with Crippen LogP contribution in [0.25, 0.3) is 0 Å². The molecule has 0 fully saturated rings. The van der Waals surface area contributed by atoms with E-state index >= 15 is 0 Å². The van der Waals surface area contributed by atoms with Crippen molar-refractivity contribution >= 4 is 0 Å². The van der Waals surface area contributed by atoms with E-state index in [0.717, 1.165) is 19.3 Å². The Bertz CT molecular complexity index is 199. The molecule has 0 aliphatic carbocycles. The van der Waals surface area contributed by atoms with Gasteiger partial charge in [-0.15, -0.1) is 0 Å². The molecule has 0 aliphatic heterocycles. The first-order valence-electron chi connectivity index (χ1n) is 5.51.